The fourth-order valence-electron chi connectivity index (χ4n) is 2.32. The molecule has 0 aliphatic heterocycles. The monoisotopic (exact) mass is 388 g/mol. The molecule has 0 atom stereocenters. The Morgan fingerprint density at radius 2 is 1.89 bits per heavy atom. The Labute approximate surface area is 165 Å². The van der Waals surface area contributed by atoms with E-state index in [9.17, 15) is 9.59 Å². The number of nitrogens with one attached hydrogen (secondary N) is 2. The zero-order valence-corrected chi connectivity index (χ0v) is 17.5. The number of ether oxygens (including phenoxy) is 1. The molecule has 0 saturated heterocycles. The molecule has 0 aliphatic rings. The second kappa shape index (κ2) is 9.04. The summed E-state index contributed by atoms with van der Waals surface area (Å²) in [5.41, 5.74) is 1.54. The first kappa shape index (κ1) is 21.0. The number of carbonyl (C=O) groups excluding carboxylic acids is 2. The van der Waals surface area contributed by atoms with Crippen LogP contribution in [-0.2, 0) is 4.79 Å². The molecule has 146 valence electrons. The summed E-state index contributed by atoms with van der Waals surface area (Å²) < 4.78 is 5.68. The van der Waals surface area contributed by atoms with E-state index in [1.54, 1.807) is 0 Å². The van der Waals surface area contributed by atoms with Crippen LogP contribution >= 0.6 is 11.3 Å². The fourth-order valence-corrected chi connectivity index (χ4v) is 3.30. The number of hydrogen-bond donors (Lipinski definition) is 2. The molecule has 1 heterocycles. The first-order chi connectivity index (χ1) is 12.7. The minimum absolute atomic E-state index is 0.0657. The molecule has 27 heavy (non-hydrogen) atoms. The van der Waals surface area contributed by atoms with Gasteiger partial charge in [-0.3, -0.25) is 9.59 Å². The predicted molar refractivity (Wildman–Crippen MR) is 111 cm³/mol. The molecule has 2 N–H and O–H groups in total. The molecular formula is C21H28N2O3S. The van der Waals surface area contributed by atoms with Gasteiger partial charge in [0.25, 0.3) is 5.91 Å². The molecule has 5 nitrogen and oxygen atoms in total. The number of anilines is 1. The molecule has 0 spiro atoms. The average molecular weight is 389 g/mol. The Morgan fingerprint density at radius 3 is 2.56 bits per heavy atom. The summed E-state index contributed by atoms with van der Waals surface area (Å²) in [4.78, 5) is 25.1. The first-order valence-corrected chi connectivity index (χ1v) is 9.88. The number of amides is 2. The molecule has 2 amide bonds. The highest BCUT2D eigenvalue weighted by Crippen LogP contribution is 2.28. The van der Waals surface area contributed by atoms with Crippen LogP contribution in [0.3, 0.4) is 0 Å². The summed E-state index contributed by atoms with van der Waals surface area (Å²) >= 11 is 1.30. The fraction of sp³-hybridized carbons (Fsp3) is 0.429. The summed E-state index contributed by atoms with van der Waals surface area (Å²) in [7, 11) is 0. The van der Waals surface area contributed by atoms with Gasteiger partial charge in [-0.1, -0.05) is 32.9 Å². The molecule has 1 aromatic heterocycles. The van der Waals surface area contributed by atoms with Crippen LogP contribution in [0.25, 0.3) is 0 Å². The van der Waals surface area contributed by atoms with Gasteiger partial charge in [0.15, 0.2) is 0 Å². The van der Waals surface area contributed by atoms with Gasteiger partial charge in [0.05, 0.1) is 16.5 Å². The highest BCUT2D eigenvalue weighted by Gasteiger charge is 2.23. The molecule has 0 aliphatic carbocycles. The van der Waals surface area contributed by atoms with E-state index >= 15 is 0 Å². The summed E-state index contributed by atoms with van der Waals surface area (Å²) in [6, 6.07) is 9.73. The van der Waals surface area contributed by atoms with Crippen LogP contribution in [0, 0.1) is 19.3 Å². The normalized spacial score (nSPS) is 11.1. The van der Waals surface area contributed by atoms with Crippen LogP contribution in [0.15, 0.2) is 30.3 Å². The lowest BCUT2D eigenvalue weighted by Gasteiger charge is -2.16. The summed E-state index contributed by atoms with van der Waals surface area (Å²) in [5, 5.41) is 6.48. The van der Waals surface area contributed by atoms with Crippen molar-refractivity contribution in [3.63, 3.8) is 0 Å². The molecule has 0 saturated carbocycles. The minimum Gasteiger partial charge on any atom is -0.494 e. The van der Waals surface area contributed by atoms with E-state index in [2.05, 4.69) is 10.6 Å². The van der Waals surface area contributed by atoms with Gasteiger partial charge in [-0.15, -0.1) is 11.3 Å². The van der Waals surface area contributed by atoms with Crippen LogP contribution in [0.5, 0.6) is 5.75 Å². The summed E-state index contributed by atoms with van der Waals surface area (Å²) in [6.45, 7) is 10.5. The quantitative estimate of drug-likeness (QED) is 0.684. The average Bonchev–Trinajstić information content (AvgIpc) is 2.94. The van der Waals surface area contributed by atoms with Crippen molar-refractivity contribution in [1.29, 1.82) is 0 Å². The van der Waals surface area contributed by atoms with E-state index in [0.717, 1.165) is 23.3 Å². The third-order valence-corrected chi connectivity index (χ3v) is 5.06. The van der Waals surface area contributed by atoms with E-state index in [4.69, 9.17) is 4.74 Å². The third-order valence-electron chi connectivity index (χ3n) is 3.91. The largest absolute Gasteiger partial charge is 0.494 e. The van der Waals surface area contributed by atoms with E-state index in [0.29, 0.717) is 23.0 Å². The molecule has 6 heteroatoms. The first-order valence-electron chi connectivity index (χ1n) is 9.06. The van der Waals surface area contributed by atoms with Gasteiger partial charge in [0.1, 0.15) is 5.75 Å². The Balaban J connectivity index is 1.79. The topological polar surface area (TPSA) is 67.4 Å². The maximum atomic E-state index is 12.4. The lowest BCUT2D eigenvalue weighted by Crippen LogP contribution is -2.27. The van der Waals surface area contributed by atoms with E-state index in [1.807, 2.05) is 65.0 Å². The van der Waals surface area contributed by atoms with Crippen LogP contribution in [-0.4, -0.2) is 25.0 Å². The van der Waals surface area contributed by atoms with Gasteiger partial charge in [-0.25, -0.2) is 0 Å². The number of rotatable bonds is 7. The van der Waals surface area contributed by atoms with Gasteiger partial charge in [-0.2, -0.15) is 0 Å². The Kier molecular flexibility index (Phi) is 7.02. The van der Waals surface area contributed by atoms with Crippen molar-refractivity contribution >= 4 is 28.2 Å². The van der Waals surface area contributed by atoms with Crippen LogP contribution < -0.4 is 15.4 Å². The van der Waals surface area contributed by atoms with Crippen molar-refractivity contribution < 1.29 is 14.3 Å². The maximum Gasteiger partial charge on any atom is 0.261 e. The molecule has 0 bridgehead atoms. The van der Waals surface area contributed by atoms with Crippen molar-refractivity contribution in [3.05, 3.63) is 46.3 Å². The van der Waals surface area contributed by atoms with Crippen molar-refractivity contribution in [3.8, 4) is 5.75 Å². The molecule has 0 unspecified atom stereocenters. The van der Waals surface area contributed by atoms with Gasteiger partial charge >= 0.3 is 0 Å². The Bertz CT molecular complexity index is 806. The number of thiophene rings is 1. The molecule has 2 aromatic rings. The molecule has 0 fully saturated rings. The smallest absolute Gasteiger partial charge is 0.261 e. The van der Waals surface area contributed by atoms with Crippen LogP contribution in [0.1, 0.15) is 48.0 Å². The third kappa shape index (κ3) is 6.40. The zero-order chi connectivity index (χ0) is 20.0. The number of aryl methyl sites for hydroxylation is 2. The van der Waals surface area contributed by atoms with Crippen molar-refractivity contribution in [1.82, 2.24) is 5.32 Å². The highest BCUT2D eigenvalue weighted by molar-refractivity contribution is 7.18. The van der Waals surface area contributed by atoms with Crippen LogP contribution in [0.4, 0.5) is 5.00 Å². The Morgan fingerprint density at radius 1 is 1.15 bits per heavy atom. The molecular weight excluding hydrogens is 360 g/mol. The van der Waals surface area contributed by atoms with Crippen LogP contribution in [0.2, 0.25) is 0 Å². The molecule has 0 radical (unpaired) electrons. The van der Waals surface area contributed by atoms with Crippen molar-refractivity contribution in [2.75, 3.05) is 18.5 Å². The number of benzene rings is 1. The van der Waals surface area contributed by atoms with Gasteiger partial charge in [0.2, 0.25) is 5.91 Å². The maximum absolute atomic E-state index is 12.4. The number of carbonyl (C=O) groups is 2. The summed E-state index contributed by atoms with van der Waals surface area (Å²) in [5.74, 6) is 0.656. The Hall–Kier alpha value is -2.34. The second-order valence-corrected chi connectivity index (χ2v) is 8.65. The standard InChI is InChI=1S/C21H28N2O3S/c1-14-8-6-9-16(12-14)26-11-7-10-22-19(24)18-15(2)13-17(27-18)23-20(25)21(3,4)5/h6,8-9,12-13H,7,10-11H2,1-5H3,(H,22,24)(H,23,25). The minimum atomic E-state index is -0.475. The van der Waals surface area contributed by atoms with Gasteiger partial charge in [0, 0.05) is 12.0 Å². The molecule has 1 aromatic carbocycles. The molecule has 2 rings (SSSR count). The highest BCUT2D eigenvalue weighted by atomic mass is 32.1. The lowest BCUT2D eigenvalue weighted by atomic mass is 9.96. The van der Waals surface area contributed by atoms with E-state index < -0.39 is 5.41 Å². The zero-order valence-electron chi connectivity index (χ0n) is 16.6. The SMILES string of the molecule is Cc1cccc(OCCCNC(=O)c2sc(NC(=O)C(C)(C)C)cc2C)c1. The van der Waals surface area contributed by atoms with E-state index in [1.165, 1.54) is 11.3 Å². The second-order valence-electron chi connectivity index (χ2n) is 7.60. The van der Waals surface area contributed by atoms with Crippen molar-refractivity contribution in [2.24, 2.45) is 5.41 Å². The van der Waals surface area contributed by atoms with Gasteiger partial charge < -0.3 is 15.4 Å². The van der Waals surface area contributed by atoms with Gasteiger partial charge in [-0.05, 0) is 49.6 Å². The summed E-state index contributed by atoms with van der Waals surface area (Å²) in [6.07, 6.45) is 0.720. The van der Waals surface area contributed by atoms with E-state index in [-0.39, 0.29) is 11.8 Å². The number of hydrogen-bond acceptors (Lipinski definition) is 4. The van der Waals surface area contributed by atoms with Crippen molar-refractivity contribution in [2.45, 2.75) is 41.0 Å². The predicted octanol–water partition coefficient (Wildman–Crippen LogP) is 4.55. The lowest BCUT2D eigenvalue weighted by molar-refractivity contribution is -0.123.